The largest absolute Gasteiger partial charge is 0.362 e. The van der Waals surface area contributed by atoms with Crippen molar-refractivity contribution < 1.29 is 9.47 Å². The molecule has 0 aliphatic heterocycles. The zero-order valence-electron chi connectivity index (χ0n) is 10.7. The molecule has 0 spiro atoms. The third kappa shape index (κ3) is 5.79. The van der Waals surface area contributed by atoms with Crippen LogP contribution in [0, 0.1) is 0 Å². The van der Waals surface area contributed by atoms with Crippen molar-refractivity contribution >= 4 is 68.7 Å². The van der Waals surface area contributed by atoms with Gasteiger partial charge in [0.25, 0.3) is 0 Å². The first-order valence-corrected chi connectivity index (χ1v) is 9.42. The van der Waals surface area contributed by atoms with Gasteiger partial charge in [-0.05, 0) is 26.0 Å². The topological polar surface area (TPSA) is 18.5 Å². The van der Waals surface area contributed by atoms with Crippen molar-refractivity contribution in [2.24, 2.45) is 0 Å². The van der Waals surface area contributed by atoms with Gasteiger partial charge in [0.15, 0.2) is 0 Å². The predicted molar refractivity (Wildman–Crippen MR) is 95.5 cm³/mol. The van der Waals surface area contributed by atoms with Gasteiger partial charge in [-0.25, -0.2) is 0 Å². The number of rotatable bonds is 10. The fraction of sp³-hybridized carbons (Fsp3) is 0.500. The van der Waals surface area contributed by atoms with E-state index < -0.39 is 0 Å². The minimum Gasteiger partial charge on any atom is -0.362 e. The third-order valence-electron chi connectivity index (χ3n) is 2.11. The number of thiocarbonyl (C=S) groups is 2. The maximum Gasteiger partial charge on any atom is 0.142 e. The molecule has 0 N–H and O–H groups in total. The van der Waals surface area contributed by atoms with Crippen molar-refractivity contribution in [1.82, 2.24) is 0 Å². The number of ether oxygens (including phenoxy) is 2. The van der Waals surface area contributed by atoms with Crippen LogP contribution in [0.25, 0.3) is 0 Å². The first kappa shape index (κ1) is 17.6. The Balaban J connectivity index is 2.82. The molecule has 1 aromatic rings. The molecule has 0 bridgehead atoms. The fourth-order valence-corrected chi connectivity index (χ4v) is 4.56. The summed E-state index contributed by atoms with van der Waals surface area (Å²) in [6.45, 7) is 5.29. The fourth-order valence-electron chi connectivity index (χ4n) is 1.40. The summed E-state index contributed by atoms with van der Waals surface area (Å²) in [5.74, 6) is 0. The molecule has 1 aromatic heterocycles. The number of thioether (sulfide) groups is 2. The molecule has 0 fully saturated rings. The van der Waals surface area contributed by atoms with E-state index in [-0.39, 0.29) is 10.9 Å². The van der Waals surface area contributed by atoms with Crippen LogP contribution in [-0.4, -0.2) is 22.6 Å². The summed E-state index contributed by atoms with van der Waals surface area (Å²) < 4.78 is 14.7. The predicted octanol–water partition coefficient (Wildman–Crippen LogP) is 5.20. The summed E-state index contributed by atoms with van der Waals surface area (Å²) in [5, 5.41) is 0. The van der Waals surface area contributed by atoms with Crippen molar-refractivity contribution in [2.75, 3.05) is 13.2 Å². The Morgan fingerprint density at radius 1 is 1.05 bits per heavy atom. The minimum atomic E-state index is -0.0268. The molecule has 19 heavy (non-hydrogen) atoms. The smallest absolute Gasteiger partial charge is 0.142 e. The first-order chi connectivity index (χ1) is 9.26. The number of thiophene rings is 1. The highest BCUT2D eigenvalue weighted by molar-refractivity contribution is 8.21. The Bertz CT molecular complexity index is 359. The number of hydrogen-bond donors (Lipinski definition) is 0. The van der Waals surface area contributed by atoms with Crippen LogP contribution < -0.4 is 0 Å². The van der Waals surface area contributed by atoms with E-state index in [1.165, 1.54) is 23.5 Å². The summed E-state index contributed by atoms with van der Waals surface area (Å²) in [6.07, 6.45) is 0. The van der Waals surface area contributed by atoms with Gasteiger partial charge in [-0.15, -0.1) is 11.3 Å². The lowest BCUT2D eigenvalue weighted by Gasteiger charge is -2.13. The van der Waals surface area contributed by atoms with Gasteiger partial charge in [0.05, 0.1) is 0 Å². The Labute approximate surface area is 137 Å². The molecule has 1 rings (SSSR count). The zero-order chi connectivity index (χ0) is 14.1. The van der Waals surface area contributed by atoms with Gasteiger partial charge in [-0.1, -0.05) is 48.0 Å². The van der Waals surface area contributed by atoms with Gasteiger partial charge in [0, 0.05) is 32.4 Å². The van der Waals surface area contributed by atoms with E-state index in [4.69, 9.17) is 33.9 Å². The molecule has 0 aliphatic carbocycles. The lowest BCUT2D eigenvalue weighted by molar-refractivity contribution is 0.128. The van der Waals surface area contributed by atoms with E-state index in [1.54, 1.807) is 20.7 Å². The summed E-state index contributed by atoms with van der Waals surface area (Å²) in [5.41, 5.74) is -0.0537. The Morgan fingerprint density at radius 2 is 1.47 bits per heavy atom. The monoisotopic (exact) mass is 352 g/mol. The SMILES string of the molecule is CCOC(SC=S)c1ccc(C(OCC)SC=S)s1. The molecule has 2 atom stereocenters. The molecule has 0 aromatic carbocycles. The van der Waals surface area contributed by atoms with Crippen LogP contribution in [0.15, 0.2) is 12.1 Å². The minimum absolute atomic E-state index is 0.0268. The van der Waals surface area contributed by atoms with Gasteiger partial charge in [-0.2, -0.15) is 0 Å². The van der Waals surface area contributed by atoms with Crippen LogP contribution in [0.1, 0.15) is 34.5 Å². The zero-order valence-corrected chi connectivity index (χ0v) is 14.8. The van der Waals surface area contributed by atoms with E-state index >= 15 is 0 Å². The highest BCUT2D eigenvalue weighted by atomic mass is 32.2. The molecular weight excluding hydrogens is 336 g/mol. The molecule has 0 aliphatic rings. The average Bonchev–Trinajstić information content (AvgIpc) is 2.87. The van der Waals surface area contributed by atoms with Crippen LogP contribution in [0.2, 0.25) is 0 Å². The van der Waals surface area contributed by atoms with Gasteiger partial charge in [0.1, 0.15) is 10.9 Å². The van der Waals surface area contributed by atoms with E-state index in [0.717, 1.165) is 9.75 Å². The second kappa shape index (κ2) is 10.3. The summed E-state index contributed by atoms with van der Waals surface area (Å²) in [4.78, 5) is 2.30. The van der Waals surface area contributed by atoms with Crippen molar-refractivity contribution in [3.8, 4) is 0 Å². The second-order valence-corrected chi connectivity index (χ2v) is 7.37. The molecule has 1 heterocycles. The maximum absolute atomic E-state index is 5.68. The van der Waals surface area contributed by atoms with Crippen molar-refractivity contribution in [3.05, 3.63) is 21.9 Å². The third-order valence-corrected chi connectivity index (χ3v) is 5.74. The Morgan fingerprint density at radius 3 is 1.79 bits per heavy atom. The molecule has 106 valence electrons. The summed E-state index contributed by atoms with van der Waals surface area (Å²) in [7, 11) is 0. The summed E-state index contributed by atoms with van der Waals surface area (Å²) >= 11 is 14.5. The van der Waals surface area contributed by atoms with Crippen LogP contribution in [0.4, 0.5) is 0 Å². The normalized spacial score (nSPS) is 14.0. The lowest BCUT2D eigenvalue weighted by atomic mass is 10.4. The van der Waals surface area contributed by atoms with E-state index in [9.17, 15) is 0 Å². The van der Waals surface area contributed by atoms with E-state index in [0.29, 0.717) is 13.2 Å². The molecule has 2 nitrogen and oxygen atoms in total. The van der Waals surface area contributed by atoms with E-state index in [2.05, 4.69) is 12.1 Å². The number of hydrogen-bond acceptors (Lipinski definition) is 7. The van der Waals surface area contributed by atoms with Gasteiger partial charge < -0.3 is 9.47 Å². The van der Waals surface area contributed by atoms with Crippen molar-refractivity contribution in [2.45, 2.75) is 24.7 Å². The van der Waals surface area contributed by atoms with Crippen LogP contribution in [0.5, 0.6) is 0 Å². The summed E-state index contributed by atoms with van der Waals surface area (Å²) in [6, 6.07) is 4.14. The molecule has 2 unspecified atom stereocenters. The van der Waals surface area contributed by atoms with Crippen molar-refractivity contribution in [1.29, 1.82) is 0 Å². The van der Waals surface area contributed by atoms with Crippen molar-refractivity contribution in [3.63, 3.8) is 0 Å². The highest BCUT2D eigenvalue weighted by Gasteiger charge is 2.18. The Kier molecular flexibility index (Phi) is 9.48. The quantitative estimate of drug-likeness (QED) is 0.422. The molecule has 7 heteroatoms. The highest BCUT2D eigenvalue weighted by Crippen LogP contribution is 2.39. The standard InChI is InChI=1S/C12H16O2S5/c1-3-13-11(17-7-15)9-5-6-10(19-9)12(14-4-2)18-8-16/h5-8,11-12H,3-4H2,1-2H3. The average molecular weight is 353 g/mol. The van der Waals surface area contributed by atoms with Gasteiger partial charge in [0.2, 0.25) is 0 Å². The Hall–Kier alpha value is 0.500. The maximum atomic E-state index is 5.68. The lowest BCUT2D eigenvalue weighted by Crippen LogP contribution is -1.98. The van der Waals surface area contributed by atoms with Crippen LogP contribution in [-0.2, 0) is 9.47 Å². The van der Waals surface area contributed by atoms with Crippen LogP contribution >= 0.6 is 59.3 Å². The molecule has 0 saturated heterocycles. The molecule has 0 amide bonds. The second-order valence-electron chi connectivity index (χ2n) is 3.28. The molecule has 0 radical (unpaired) electrons. The van der Waals surface area contributed by atoms with Gasteiger partial charge in [-0.3, -0.25) is 0 Å². The van der Waals surface area contributed by atoms with E-state index in [1.807, 2.05) is 13.8 Å². The molecule has 0 saturated carbocycles. The van der Waals surface area contributed by atoms with Gasteiger partial charge >= 0.3 is 0 Å². The molecular formula is C12H16O2S5. The van der Waals surface area contributed by atoms with Crippen LogP contribution in [0.3, 0.4) is 0 Å². The first-order valence-electron chi connectivity index (χ1n) is 5.77.